The van der Waals surface area contributed by atoms with Crippen LogP contribution in [0, 0.1) is 0 Å². The summed E-state index contributed by atoms with van der Waals surface area (Å²) in [4.78, 5) is 1.25. The van der Waals surface area contributed by atoms with Gasteiger partial charge in [-0.2, -0.15) is 0 Å². The molecule has 1 rings (SSSR count). The van der Waals surface area contributed by atoms with Crippen LogP contribution < -0.4 is 5.46 Å². The first-order valence-corrected chi connectivity index (χ1v) is 7.63. The summed E-state index contributed by atoms with van der Waals surface area (Å²) in [6.07, 6.45) is 1.08. The van der Waals surface area contributed by atoms with Crippen LogP contribution in [0.25, 0.3) is 0 Å². The molecule has 0 aliphatic rings. The molecule has 1 aromatic heterocycles. The molecule has 0 saturated heterocycles. The Balaban J connectivity index is 2.79. The van der Waals surface area contributed by atoms with E-state index in [1.807, 2.05) is 11.4 Å². The predicted molar refractivity (Wildman–Crippen MR) is 82.1 cm³/mol. The van der Waals surface area contributed by atoms with Crippen LogP contribution in [-0.4, -0.2) is 28.5 Å². The van der Waals surface area contributed by atoms with Crippen LogP contribution in [0.15, 0.2) is 11.4 Å². The summed E-state index contributed by atoms with van der Waals surface area (Å²) in [6, 6.07) is 1.99. The highest BCUT2D eigenvalue weighted by atomic mass is 32.1. The van der Waals surface area contributed by atoms with Crippen molar-refractivity contribution in [3.63, 3.8) is 0 Å². The quantitative estimate of drug-likeness (QED) is 0.789. The molecule has 2 N–H and O–H groups in total. The van der Waals surface area contributed by atoms with E-state index in [4.69, 9.17) is 4.65 Å². The third-order valence-electron chi connectivity index (χ3n) is 3.90. The molecule has 0 spiro atoms. The van der Waals surface area contributed by atoms with Crippen molar-refractivity contribution in [3.8, 4) is 0 Å². The average Bonchev–Trinajstić information content (AvgIpc) is 2.75. The Labute approximate surface area is 120 Å². The van der Waals surface area contributed by atoms with E-state index in [0.717, 1.165) is 11.9 Å². The van der Waals surface area contributed by atoms with Crippen molar-refractivity contribution in [2.45, 2.75) is 65.1 Å². The van der Waals surface area contributed by atoms with Crippen LogP contribution in [-0.2, 0) is 4.65 Å². The summed E-state index contributed by atoms with van der Waals surface area (Å²) in [5.74, 6) is 0.494. The maximum Gasteiger partial charge on any atom is 0.492 e. The van der Waals surface area contributed by atoms with Crippen LogP contribution in [0.4, 0.5) is 0 Å². The second-order valence-corrected chi connectivity index (χ2v) is 7.07. The lowest BCUT2D eigenvalue weighted by Gasteiger charge is -2.38. The summed E-state index contributed by atoms with van der Waals surface area (Å²) in [7, 11) is -1.00. The molecule has 0 fully saturated rings. The Kier molecular flexibility index (Phi) is 5.24. The second kappa shape index (κ2) is 5.96. The van der Waals surface area contributed by atoms with E-state index in [1.165, 1.54) is 4.88 Å². The van der Waals surface area contributed by atoms with Crippen molar-refractivity contribution in [2.24, 2.45) is 0 Å². The first-order chi connectivity index (χ1) is 8.58. The number of hydrogen-bond donors (Lipinski definition) is 2. The summed E-state index contributed by atoms with van der Waals surface area (Å²) in [6.45, 7) is 11.2. The van der Waals surface area contributed by atoms with Gasteiger partial charge in [0.2, 0.25) is 0 Å². The van der Waals surface area contributed by atoms with Gasteiger partial charge in [0, 0.05) is 4.88 Å². The van der Waals surface area contributed by atoms with E-state index in [2.05, 4.69) is 13.8 Å². The molecule has 108 valence electrons. The zero-order valence-corrected chi connectivity index (χ0v) is 13.5. The SMILES string of the molecule is CCC(C)c1cc(B(O)OC(C)(C)C(C)(C)O)cs1. The lowest BCUT2D eigenvalue weighted by Crippen LogP contribution is -2.52. The largest absolute Gasteiger partial charge is 0.492 e. The summed E-state index contributed by atoms with van der Waals surface area (Å²) in [5.41, 5.74) is -1.09. The van der Waals surface area contributed by atoms with Gasteiger partial charge in [0.05, 0.1) is 11.2 Å². The van der Waals surface area contributed by atoms with Gasteiger partial charge in [-0.15, -0.1) is 11.3 Å². The molecule has 5 heteroatoms. The lowest BCUT2D eigenvalue weighted by molar-refractivity contribution is -0.0982. The minimum atomic E-state index is -1.02. The monoisotopic (exact) mass is 284 g/mol. The molecule has 0 aliphatic carbocycles. The maximum atomic E-state index is 10.2. The molecular formula is C14H25BO3S. The third kappa shape index (κ3) is 4.05. The van der Waals surface area contributed by atoms with Gasteiger partial charge in [0.15, 0.2) is 0 Å². The molecule has 1 aromatic rings. The molecule has 0 bridgehead atoms. The van der Waals surface area contributed by atoms with E-state index in [9.17, 15) is 10.1 Å². The first-order valence-electron chi connectivity index (χ1n) is 6.75. The van der Waals surface area contributed by atoms with Crippen molar-refractivity contribution in [1.29, 1.82) is 0 Å². The van der Waals surface area contributed by atoms with Crippen molar-refractivity contribution in [3.05, 3.63) is 16.3 Å². The minimum Gasteiger partial charge on any atom is -0.423 e. The fourth-order valence-electron chi connectivity index (χ4n) is 1.45. The topological polar surface area (TPSA) is 49.7 Å². The smallest absolute Gasteiger partial charge is 0.423 e. The first kappa shape index (κ1) is 16.7. The standard InChI is InChI=1S/C14H25BO3S/c1-7-10(2)12-8-11(9-19-12)15(17)18-14(5,6)13(3,4)16/h8-10,16-17H,7H2,1-6H3. The second-order valence-electron chi connectivity index (χ2n) is 6.13. The normalized spacial score (nSPS) is 14.5. The molecule has 19 heavy (non-hydrogen) atoms. The van der Waals surface area contributed by atoms with Crippen molar-refractivity contribution in [2.75, 3.05) is 0 Å². The van der Waals surface area contributed by atoms with E-state index < -0.39 is 18.3 Å². The van der Waals surface area contributed by atoms with Crippen LogP contribution in [0.3, 0.4) is 0 Å². The third-order valence-corrected chi connectivity index (χ3v) is 5.09. The van der Waals surface area contributed by atoms with Gasteiger partial charge in [-0.05, 0) is 56.9 Å². The molecular weight excluding hydrogens is 259 g/mol. The van der Waals surface area contributed by atoms with Gasteiger partial charge in [0.25, 0.3) is 0 Å². The Morgan fingerprint density at radius 1 is 1.37 bits per heavy atom. The highest BCUT2D eigenvalue weighted by molar-refractivity contribution is 7.11. The average molecular weight is 284 g/mol. The Bertz CT molecular complexity index is 409. The fraction of sp³-hybridized carbons (Fsp3) is 0.714. The van der Waals surface area contributed by atoms with Crippen LogP contribution in [0.1, 0.15) is 58.8 Å². The molecule has 0 aliphatic heterocycles. The van der Waals surface area contributed by atoms with Crippen molar-refractivity contribution in [1.82, 2.24) is 0 Å². The van der Waals surface area contributed by atoms with E-state index in [0.29, 0.717) is 5.92 Å². The van der Waals surface area contributed by atoms with Crippen LogP contribution >= 0.6 is 11.3 Å². The van der Waals surface area contributed by atoms with Gasteiger partial charge in [-0.1, -0.05) is 13.8 Å². The van der Waals surface area contributed by atoms with Crippen LogP contribution in [0.2, 0.25) is 0 Å². The van der Waals surface area contributed by atoms with Gasteiger partial charge < -0.3 is 14.8 Å². The lowest BCUT2D eigenvalue weighted by atomic mass is 9.77. The Morgan fingerprint density at radius 2 is 1.95 bits per heavy atom. The molecule has 0 saturated carbocycles. The molecule has 0 amide bonds. The highest BCUT2D eigenvalue weighted by Crippen LogP contribution is 2.26. The maximum absolute atomic E-state index is 10.2. The molecule has 0 radical (unpaired) electrons. The molecule has 0 aromatic carbocycles. The van der Waals surface area contributed by atoms with Gasteiger partial charge in [-0.25, -0.2) is 0 Å². The van der Waals surface area contributed by atoms with E-state index in [-0.39, 0.29) is 0 Å². The van der Waals surface area contributed by atoms with Gasteiger partial charge >= 0.3 is 7.12 Å². The Hall–Kier alpha value is -0.355. The molecule has 1 heterocycles. The molecule has 3 nitrogen and oxygen atoms in total. The number of aliphatic hydroxyl groups is 1. The summed E-state index contributed by atoms with van der Waals surface area (Å²) in [5, 5.41) is 22.1. The van der Waals surface area contributed by atoms with E-state index in [1.54, 1.807) is 39.0 Å². The van der Waals surface area contributed by atoms with Crippen molar-refractivity contribution < 1.29 is 14.8 Å². The highest BCUT2D eigenvalue weighted by Gasteiger charge is 2.39. The zero-order chi connectivity index (χ0) is 14.8. The van der Waals surface area contributed by atoms with Crippen LogP contribution in [0.5, 0.6) is 0 Å². The van der Waals surface area contributed by atoms with E-state index >= 15 is 0 Å². The molecule has 1 unspecified atom stereocenters. The van der Waals surface area contributed by atoms with Gasteiger partial charge in [0.1, 0.15) is 0 Å². The Morgan fingerprint density at radius 3 is 2.42 bits per heavy atom. The summed E-state index contributed by atoms with van der Waals surface area (Å²) >= 11 is 1.64. The fourth-order valence-corrected chi connectivity index (χ4v) is 2.51. The number of hydrogen-bond acceptors (Lipinski definition) is 4. The molecule has 1 atom stereocenters. The summed E-state index contributed by atoms with van der Waals surface area (Å²) < 4.78 is 5.63. The predicted octanol–water partition coefficient (Wildman–Crippen LogP) is 2.52. The van der Waals surface area contributed by atoms with Gasteiger partial charge in [-0.3, -0.25) is 0 Å². The minimum absolute atomic E-state index is 0.494. The van der Waals surface area contributed by atoms with Crippen molar-refractivity contribution >= 4 is 23.9 Å². The number of rotatable bonds is 6. The zero-order valence-electron chi connectivity index (χ0n) is 12.7. The number of thiophene rings is 1.